The third-order valence-electron chi connectivity index (χ3n) is 2.36. The molecule has 5 heteroatoms. The fraction of sp³-hybridized carbons (Fsp3) is 0.333. The van der Waals surface area contributed by atoms with Crippen molar-refractivity contribution in [2.45, 2.75) is 13.3 Å². The molecule has 92 valence electrons. The topological polar surface area (TPSA) is 57.6 Å². The second-order valence-corrected chi connectivity index (χ2v) is 3.85. The van der Waals surface area contributed by atoms with Crippen molar-refractivity contribution in [3.05, 3.63) is 35.1 Å². The average Bonchev–Trinajstić information content (AvgIpc) is 2.28. The van der Waals surface area contributed by atoms with E-state index < -0.39 is 17.7 Å². The molecule has 17 heavy (non-hydrogen) atoms. The van der Waals surface area contributed by atoms with Gasteiger partial charge in [0.2, 0.25) is 0 Å². The van der Waals surface area contributed by atoms with E-state index in [0.29, 0.717) is 0 Å². The lowest BCUT2D eigenvalue weighted by atomic mass is 10.1. The van der Waals surface area contributed by atoms with Gasteiger partial charge >= 0.3 is 5.97 Å². The standard InChI is InChI=1S/C12H14FNO3/c1-8-3-4-10(13)9(7-8)12(17)14(2)6-5-11(15)16/h3-4,7H,5-6H2,1-2H3,(H,15,16). The zero-order chi connectivity index (χ0) is 13.0. The summed E-state index contributed by atoms with van der Waals surface area (Å²) >= 11 is 0. The van der Waals surface area contributed by atoms with E-state index in [1.54, 1.807) is 13.0 Å². The fourth-order valence-electron chi connectivity index (χ4n) is 1.37. The lowest BCUT2D eigenvalue weighted by Gasteiger charge is -2.16. The maximum Gasteiger partial charge on any atom is 0.305 e. The van der Waals surface area contributed by atoms with Crippen molar-refractivity contribution in [3.63, 3.8) is 0 Å². The average molecular weight is 239 g/mol. The summed E-state index contributed by atoms with van der Waals surface area (Å²) in [7, 11) is 1.45. The van der Waals surface area contributed by atoms with E-state index in [2.05, 4.69) is 0 Å². The van der Waals surface area contributed by atoms with Crippen molar-refractivity contribution in [3.8, 4) is 0 Å². The molecule has 1 aromatic carbocycles. The molecule has 4 nitrogen and oxygen atoms in total. The molecule has 1 aromatic rings. The van der Waals surface area contributed by atoms with Crippen LogP contribution in [0.1, 0.15) is 22.3 Å². The van der Waals surface area contributed by atoms with Gasteiger partial charge < -0.3 is 10.0 Å². The van der Waals surface area contributed by atoms with Gasteiger partial charge in [-0.2, -0.15) is 0 Å². The van der Waals surface area contributed by atoms with Gasteiger partial charge in [-0.25, -0.2) is 4.39 Å². The Kier molecular flexibility index (Phi) is 4.20. The third kappa shape index (κ3) is 3.55. The summed E-state index contributed by atoms with van der Waals surface area (Å²) in [4.78, 5) is 23.4. The first-order valence-electron chi connectivity index (χ1n) is 5.15. The summed E-state index contributed by atoms with van der Waals surface area (Å²) in [6, 6.07) is 4.26. The fourth-order valence-corrected chi connectivity index (χ4v) is 1.37. The Balaban J connectivity index is 2.81. The quantitative estimate of drug-likeness (QED) is 0.869. The molecule has 0 fully saturated rings. The monoisotopic (exact) mass is 239 g/mol. The first-order chi connectivity index (χ1) is 7.91. The smallest absolute Gasteiger partial charge is 0.305 e. The number of amides is 1. The number of halogens is 1. The number of aryl methyl sites for hydroxylation is 1. The molecular weight excluding hydrogens is 225 g/mol. The molecular formula is C12H14FNO3. The molecule has 0 atom stereocenters. The summed E-state index contributed by atoms with van der Waals surface area (Å²) in [6.07, 6.45) is -0.157. The molecule has 0 heterocycles. The van der Waals surface area contributed by atoms with Gasteiger partial charge in [-0.15, -0.1) is 0 Å². The summed E-state index contributed by atoms with van der Waals surface area (Å²) < 4.78 is 13.4. The van der Waals surface area contributed by atoms with Crippen LogP contribution in [0.3, 0.4) is 0 Å². The third-order valence-corrected chi connectivity index (χ3v) is 2.36. The SMILES string of the molecule is Cc1ccc(F)c(C(=O)N(C)CCC(=O)O)c1. The van der Waals surface area contributed by atoms with Crippen LogP contribution in [0, 0.1) is 12.7 Å². The van der Waals surface area contributed by atoms with E-state index in [4.69, 9.17) is 5.11 Å². The maximum absolute atomic E-state index is 13.4. The van der Waals surface area contributed by atoms with Crippen molar-refractivity contribution in [1.29, 1.82) is 0 Å². The van der Waals surface area contributed by atoms with Gasteiger partial charge in [-0.05, 0) is 19.1 Å². The number of benzene rings is 1. The molecule has 0 aromatic heterocycles. The van der Waals surface area contributed by atoms with Gasteiger partial charge in [0.1, 0.15) is 5.82 Å². The predicted molar refractivity (Wildman–Crippen MR) is 60.4 cm³/mol. The minimum atomic E-state index is -0.991. The number of rotatable bonds is 4. The number of carboxylic acids is 1. The zero-order valence-corrected chi connectivity index (χ0v) is 9.74. The molecule has 1 rings (SSSR count). The van der Waals surface area contributed by atoms with Crippen molar-refractivity contribution in [2.24, 2.45) is 0 Å². The highest BCUT2D eigenvalue weighted by atomic mass is 19.1. The normalized spacial score (nSPS) is 10.1. The molecule has 0 saturated heterocycles. The molecule has 1 amide bonds. The van der Waals surface area contributed by atoms with Crippen LogP contribution < -0.4 is 0 Å². The van der Waals surface area contributed by atoms with E-state index in [0.717, 1.165) is 5.56 Å². The molecule has 0 bridgehead atoms. The van der Waals surface area contributed by atoms with Gasteiger partial charge in [-0.1, -0.05) is 11.6 Å². The molecule has 0 unspecified atom stereocenters. The van der Waals surface area contributed by atoms with Gasteiger partial charge in [-0.3, -0.25) is 9.59 Å². The Morgan fingerprint density at radius 3 is 2.65 bits per heavy atom. The number of nitrogens with zero attached hydrogens (tertiary/aromatic N) is 1. The van der Waals surface area contributed by atoms with Crippen molar-refractivity contribution < 1.29 is 19.1 Å². The first kappa shape index (κ1) is 13.2. The Labute approximate surface area is 98.7 Å². The molecule has 1 N–H and O–H groups in total. The lowest BCUT2D eigenvalue weighted by molar-refractivity contribution is -0.137. The highest BCUT2D eigenvalue weighted by Gasteiger charge is 2.16. The molecule has 0 aliphatic rings. The summed E-state index contributed by atoms with van der Waals surface area (Å²) in [5.41, 5.74) is 0.749. The van der Waals surface area contributed by atoms with Gasteiger partial charge in [0, 0.05) is 13.6 Å². The van der Waals surface area contributed by atoms with E-state index in [1.807, 2.05) is 0 Å². The number of carboxylic acid groups (broad SMARTS) is 1. The van der Waals surface area contributed by atoms with Crippen LogP contribution in [-0.4, -0.2) is 35.5 Å². The zero-order valence-electron chi connectivity index (χ0n) is 9.74. The predicted octanol–water partition coefficient (Wildman–Crippen LogP) is 1.68. The highest BCUT2D eigenvalue weighted by Crippen LogP contribution is 2.12. The number of hydrogen-bond acceptors (Lipinski definition) is 2. The van der Waals surface area contributed by atoms with Gasteiger partial charge in [0.25, 0.3) is 5.91 Å². The Morgan fingerprint density at radius 1 is 1.41 bits per heavy atom. The first-order valence-corrected chi connectivity index (χ1v) is 5.15. The number of hydrogen-bond donors (Lipinski definition) is 1. The van der Waals surface area contributed by atoms with Crippen LogP contribution in [0.25, 0.3) is 0 Å². The summed E-state index contributed by atoms with van der Waals surface area (Å²) in [5, 5.41) is 8.50. The van der Waals surface area contributed by atoms with E-state index >= 15 is 0 Å². The van der Waals surface area contributed by atoms with Crippen LogP contribution in [-0.2, 0) is 4.79 Å². The van der Waals surface area contributed by atoms with Crippen LogP contribution in [0.15, 0.2) is 18.2 Å². The minimum Gasteiger partial charge on any atom is -0.481 e. The van der Waals surface area contributed by atoms with E-state index in [1.165, 1.54) is 24.1 Å². The van der Waals surface area contributed by atoms with Crippen molar-refractivity contribution in [2.75, 3.05) is 13.6 Å². The lowest BCUT2D eigenvalue weighted by Crippen LogP contribution is -2.29. The van der Waals surface area contributed by atoms with Gasteiger partial charge in [0.05, 0.1) is 12.0 Å². The molecule has 0 spiro atoms. The largest absolute Gasteiger partial charge is 0.481 e. The maximum atomic E-state index is 13.4. The van der Waals surface area contributed by atoms with Gasteiger partial charge in [0.15, 0.2) is 0 Å². The van der Waals surface area contributed by atoms with E-state index in [-0.39, 0.29) is 18.5 Å². The highest BCUT2D eigenvalue weighted by molar-refractivity contribution is 5.94. The second-order valence-electron chi connectivity index (χ2n) is 3.85. The van der Waals surface area contributed by atoms with Crippen LogP contribution >= 0.6 is 0 Å². The van der Waals surface area contributed by atoms with Crippen molar-refractivity contribution in [1.82, 2.24) is 4.90 Å². The van der Waals surface area contributed by atoms with Crippen molar-refractivity contribution >= 4 is 11.9 Å². The summed E-state index contributed by atoms with van der Waals surface area (Å²) in [5.74, 6) is -2.09. The Hall–Kier alpha value is -1.91. The number of aliphatic carboxylic acids is 1. The molecule has 0 radical (unpaired) electrons. The Morgan fingerprint density at radius 2 is 2.06 bits per heavy atom. The molecule has 0 saturated carbocycles. The summed E-state index contributed by atoms with van der Waals surface area (Å²) in [6.45, 7) is 1.81. The van der Waals surface area contributed by atoms with Crippen LogP contribution in [0.4, 0.5) is 4.39 Å². The Bertz CT molecular complexity index is 445. The minimum absolute atomic E-state index is 0.0297. The molecule has 0 aliphatic heterocycles. The number of carbonyl (C=O) groups is 2. The number of carbonyl (C=O) groups excluding carboxylic acids is 1. The van der Waals surface area contributed by atoms with Crippen LogP contribution in [0.5, 0.6) is 0 Å². The second kappa shape index (κ2) is 5.43. The molecule has 0 aliphatic carbocycles. The van der Waals surface area contributed by atoms with Crippen LogP contribution in [0.2, 0.25) is 0 Å². The van der Waals surface area contributed by atoms with E-state index in [9.17, 15) is 14.0 Å².